The van der Waals surface area contributed by atoms with Crippen LogP contribution in [0.15, 0.2) is 0 Å². The van der Waals surface area contributed by atoms with E-state index in [2.05, 4.69) is 20.8 Å². The summed E-state index contributed by atoms with van der Waals surface area (Å²) >= 11 is 0. The fourth-order valence-corrected chi connectivity index (χ4v) is 4.68. The van der Waals surface area contributed by atoms with Gasteiger partial charge in [-0.1, -0.05) is 20.8 Å². The second-order valence-electron chi connectivity index (χ2n) is 8.54. The van der Waals surface area contributed by atoms with Crippen LogP contribution in [-0.2, 0) is 14.8 Å². The monoisotopic (exact) mass is 346 g/mol. The molecule has 2 atom stereocenters. The molecule has 0 bridgehead atoms. The molecule has 0 saturated carbocycles. The van der Waals surface area contributed by atoms with Gasteiger partial charge in [-0.2, -0.15) is 4.31 Å². The van der Waals surface area contributed by atoms with Crippen molar-refractivity contribution in [2.45, 2.75) is 72.4 Å². The van der Waals surface area contributed by atoms with Crippen LogP contribution in [0.25, 0.3) is 0 Å². The predicted octanol–water partition coefficient (Wildman–Crippen LogP) is 2.72. The smallest absolute Gasteiger partial charge is 0.225 e. The van der Waals surface area contributed by atoms with E-state index in [0.29, 0.717) is 6.42 Å². The number of nitrogens with zero attached hydrogens (tertiary/aromatic N) is 2. The highest BCUT2D eigenvalue weighted by Crippen LogP contribution is 2.36. The van der Waals surface area contributed by atoms with E-state index in [1.807, 2.05) is 25.7 Å². The van der Waals surface area contributed by atoms with E-state index in [-0.39, 0.29) is 23.3 Å². The van der Waals surface area contributed by atoms with Crippen LogP contribution in [0.4, 0.5) is 0 Å². The molecular formula is C17H34N2O3S. The maximum atomic E-state index is 13.0. The molecule has 0 radical (unpaired) electrons. The first-order chi connectivity index (χ1) is 10.2. The highest BCUT2D eigenvalue weighted by Gasteiger charge is 2.41. The van der Waals surface area contributed by atoms with Gasteiger partial charge >= 0.3 is 0 Å². The van der Waals surface area contributed by atoms with Gasteiger partial charge in [-0.05, 0) is 45.4 Å². The van der Waals surface area contributed by atoms with Crippen LogP contribution in [0.5, 0.6) is 0 Å². The summed E-state index contributed by atoms with van der Waals surface area (Å²) in [5.41, 5.74) is -0.422. The molecule has 0 aromatic rings. The predicted molar refractivity (Wildman–Crippen MR) is 94.7 cm³/mol. The summed E-state index contributed by atoms with van der Waals surface area (Å²) in [5.74, 6) is 0.0195. The van der Waals surface area contributed by atoms with Crippen molar-refractivity contribution in [2.75, 3.05) is 19.8 Å². The van der Waals surface area contributed by atoms with Gasteiger partial charge in [-0.25, -0.2) is 8.42 Å². The summed E-state index contributed by atoms with van der Waals surface area (Å²) in [7, 11) is -1.69. The first kappa shape index (κ1) is 20.4. The molecular weight excluding hydrogens is 312 g/mol. The van der Waals surface area contributed by atoms with Gasteiger partial charge < -0.3 is 4.90 Å². The van der Waals surface area contributed by atoms with Crippen molar-refractivity contribution < 1.29 is 13.2 Å². The number of amides is 1. The van der Waals surface area contributed by atoms with Gasteiger partial charge in [0.25, 0.3) is 0 Å². The lowest BCUT2D eigenvalue weighted by atomic mass is 9.88. The highest BCUT2D eigenvalue weighted by atomic mass is 32.2. The Bertz CT molecular complexity index is 540. The van der Waals surface area contributed by atoms with E-state index >= 15 is 0 Å². The van der Waals surface area contributed by atoms with Crippen LogP contribution in [0.1, 0.15) is 60.8 Å². The molecule has 1 fully saturated rings. The third-order valence-electron chi connectivity index (χ3n) is 5.20. The van der Waals surface area contributed by atoms with Gasteiger partial charge in [-0.3, -0.25) is 4.79 Å². The topological polar surface area (TPSA) is 57.7 Å². The van der Waals surface area contributed by atoms with Crippen molar-refractivity contribution in [3.05, 3.63) is 0 Å². The maximum Gasteiger partial charge on any atom is 0.225 e. The lowest BCUT2D eigenvalue weighted by Crippen LogP contribution is -2.48. The molecule has 0 spiro atoms. The van der Waals surface area contributed by atoms with Crippen LogP contribution < -0.4 is 0 Å². The Kier molecular flexibility index (Phi) is 5.96. The van der Waals surface area contributed by atoms with Crippen LogP contribution in [0.2, 0.25) is 0 Å². The average molecular weight is 347 g/mol. The molecule has 1 amide bonds. The Hall–Kier alpha value is -0.620. The lowest BCUT2D eigenvalue weighted by Gasteiger charge is -2.37. The molecule has 1 aliphatic heterocycles. The summed E-state index contributed by atoms with van der Waals surface area (Å²) in [6.07, 6.45) is 3.49. The molecule has 0 aromatic carbocycles. The van der Waals surface area contributed by atoms with Crippen molar-refractivity contribution in [3.8, 4) is 0 Å². The van der Waals surface area contributed by atoms with Crippen molar-refractivity contribution in [1.29, 1.82) is 0 Å². The molecule has 0 aromatic heterocycles. The van der Waals surface area contributed by atoms with Gasteiger partial charge in [-0.15, -0.1) is 0 Å². The number of likely N-dealkylation sites (tertiary alicyclic amines) is 1. The van der Waals surface area contributed by atoms with Crippen LogP contribution >= 0.6 is 0 Å². The number of carbonyl (C=O) groups excluding carboxylic acids is 1. The van der Waals surface area contributed by atoms with E-state index in [0.717, 1.165) is 19.4 Å². The standard InChI is InChI=1S/C17H34N2O3S/c1-9-14(11-17(5,6)18(7)23(8,21)22)15(20)19-12-16(3,4)10-13(19)2/h13-14H,9-12H2,1-8H3. The third kappa shape index (κ3) is 4.92. The zero-order chi connectivity index (χ0) is 18.2. The zero-order valence-electron chi connectivity index (χ0n) is 16.0. The van der Waals surface area contributed by atoms with Gasteiger partial charge in [0.2, 0.25) is 15.9 Å². The van der Waals surface area contributed by atoms with Crippen LogP contribution in [0.3, 0.4) is 0 Å². The van der Waals surface area contributed by atoms with E-state index in [1.54, 1.807) is 7.05 Å². The molecule has 1 heterocycles. The van der Waals surface area contributed by atoms with E-state index < -0.39 is 15.6 Å². The van der Waals surface area contributed by atoms with E-state index in [9.17, 15) is 13.2 Å². The van der Waals surface area contributed by atoms with E-state index in [1.165, 1.54) is 10.6 Å². The van der Waals surface area contributed by atoms with Gasteiger partial charge in [0.05, 0.1) is 6.26 Å². The molecule has 6 heteroatoms. The Morgan fingerprint density at radius 3 is 2.26 bits per heavy atom. The highest BCUT2D eigenvalue weighted by molar-refractivity contribution is 7.88. The quantitative estimate of drug-likeness (QED) is 0.743. The molecule has 2 unspecified atom stereocenters. The SMILES string of the molecule is CCC(CC(C)(C)N(C)S(C)(=O)=O)C(=O)N1CC(C)(C)CC1C. The average Bonchev–Trinajstić information content (AvgIpc) is 2.66. The van der Waals surface area contributed by atoms with Crippen molar-refractivity contribution in [3.63, 3.8) is 0 Å². The maximum absolute atomic E-state index is 13.0. The van der Waals surface area contributed by atoms with Gasteiger partial charge in [0.15, 0.2) is 0 Å². The minimum atomic E-state index is -3.28. The lowest BCUT2D eigenvalue weighted by molar-refractivity contribution is -0.137. The second-order valence-corrected chi connectivity index (χ2v) is 10.5. The minimum absolute atomic E-state index is 0.148. The normalized spacial score (nSPS) is 23.3. The molecule has 0 N–H and O–H groups in total. The fourth-order valence-electron chi connectivity index (χ4n) is 3.71. The Morgan fingerprint density at radius 1 is 1.39 bits per heavy atom. The van der Waals surface area contributed by atoms with Crippen LogP contribution in [0, 0.1) is 11.3 Å². The first-order valence-electron chi connectivity index (χ1n) is 8.46. The molecule has 1 saturated heterocycles. The molecule has 5 nitrogen and oxygen atoms in total. The van der Waals surface area contributed by atoms with Gasteiger partial charge in [0, 0.05) is 31.1 Å². The Morgan fingerprint density at radius 2 is 1.91 bits per heavy atom. The second kappa shape index (κ2) is 6.71. The zero-order valence-corrected chi connectivity index (χ0v) is 16.8. The Balaban J connectivity index is 2.91. The number of sulfonamides is 1. The largest absolute Gasteiger partial charge is 0.339 e. The fraction of sp³-hybridized carbons (Fsp3) is 0.941. The molecule has 1 rings (SSSR count). The molecule has 136 valence electrons. The molecule has 23 heavy (non-hydrogen) atoms. The summed E-state index contributed by atoms with van der Waals surface area (Å²) in [6.45, 7) is 13.1. The third-order valence-corrected chi connectivity index (χ3v) is 6.69. The van der Waals surface area contributed by atoms with Crippen LogP contribution in [-0.4, -0.2) is 55.0 Å². The summed E-state index contributed by atoms with van der Waals surface area (Å²) in [4.78, 5) is 15.0. The molecule has 1 aliphatic rings. The summed E-state index contributed by atoms with van der Waals surface area (Å²) < 4.78 is 25.1. The summed E-state index contributed by atoms with van der Waals surface area (Å²) in [6, 6.07) is 0.252. The number of hydrogen-bond donors (Lipinski definition) is 0. The van der Waals surface area contributed by atoms with Gasteiger partial charge in [0.1, 0.15) is 0 Å². The number of rotatable bonds is 6. The first-order valence-corrected chi connectivity index (χ1v) is 10.3. The Labute approximate surface area is 142 Å². The summed E-state index contributed by atoms with van der Waals surface area (Å²) in [5, 5.41) is 0. The number of hydrogen-bond acceptors (Lipinski definition) is 3. The number of carbonyl (C=O) groups is 1. The molecule has 0 aliphatic carbocycles. The minimum Gasteiger partial charge on any atom is -0.339 e. The van der Waals surface area contributed by atoms with Crippen molar-refractivity contribution in [1.82, 2.24) is 9.21 Å². The van der Waals surface area contributed by atoms with Crippen molar-refractivity contribution in [2.24, 2.45) is 11.3 Å². The van der Waals surface area contributed by atoms with Crippen molar-refractivity contribution >= 4 is 15.9 Å². The van der Waals surface area contributed by atoms with E-state index in [4.69, 9.17) is 0 Å².